The Bertz CT molecular complexity index is 470. The highest BCUT2D eigenvalue weighted by atomic mass is 16.5. The third-order valence-electron chi connectivity index (χ3n) is 5.04. The van der Waals surface area contributed by atoms with Gasteiger partial charge in [-0.25, -0.2) is 0 Å². The molecule has 2 atom stereocenters. The van der Waals surface area contributed by atoms with Gasteiger partial charge >= 0.3 is 0 Å². The van der Waals surface area contributed by atoms with Crippen molar-refractivity contribution >= 4 is 0 Å². The van der Waals surface area contributed by atoms with Crippen LogP contribution in [-0.4, -0.2) is 42.8 Å². The lowest BCUT2D eigenvalue weighted by atomic mass is 9.69. The molecule has 19 heavy (non-hydrogen) atoms. The van der Waals surface area contributed by atoms with Crippen LogP contribution in [0.2, 0.25) is 0 Å². The minimum Gasteiger partial charge on any atom is -0.485 e. The standard InChI is InChI=1S/C16H21NO2/c1-2-4-14-13(3-1)5-7-16(19-14)8-6-15(16)17-9-11-18-12-10-17/h1-4,15H,5-12H2. The molecule has 2 heterocycles. The second-order valence-electron chi connectivity index (χ2n) is 5.98. The molecule has 3 aliphatic rings. The van der Waals surface area contributed by atoms with E-state index in [4.69, 9.17) is 9.47 Å². The monoisotopic (exact) mass is 259 g/mol. The molecule has 1 saturated carbocycles. The number of para-hydroxylation sites is 1. The van der Waals surface area contributed by atoms with E-state index in [-0.39, 0.29) is 5.60 Å². The van der Waals surface area contributed by atoms with E-state index >= 15 is 0 Å². The Kier molecular flexibility index (Phi) is 2.78. The number of benzene rings is 1. The third-order valence-corrected chi connectivity index (χ3v) is 5.04. The van der Waals surface area contributed by atoms with Crippen molar-refractivity contribution in [3.63, 3.8) is 0 Å². The fraction of sp³-hybridized carbons (Fsp3) is 0.625. The molecule has 2 fully saturated rings. The summed E-state index contributed by atoms with van der Waals surface area (Å²) in [4.78, 5) is 2.58. The van der Waals surface area contributed by atoms with Gasteiger partial charge in [-0.2, -0.15) is 0 Å². The van der Waals surface area contributed by atoms with Gasteiger partial charge in [0.05, 0.1) is 13.2 Å². The molecule has 0 aromatic heterocycles. The molecule has 0 N–H and O–H groups in total. The zero-order valence-electron chi connectivity index (χ0n) is 11.3. The van der Waals surface area contributed by atoms with Crippen LogP contribution in [0.15, 0.2) is 24.3 Å². The van der Waals surface area contributed by atoms with Crippen molar-refractivity contribution < 1.29 is 9.47 Å². The van der Waals surface area contributed by atoms with E-state index in [9.17, 15) is 0 Å². The number of aryl methyl sites for hydroxylation is 1. The number of fused-ring (bicyclic) bond motifs is 1. The zero-order chi connectivity index (χ0) is 12.7. The summed E-state index contributed by atoms with van der Waals surface area (Å²) in [6.45, 7) is 3.89. The van der Waals surface area contributed by atoms with Gasteiger partial charge in [0.25, 0.3) is 0 Å². The largest absolute Gasteiger partial charge is 0.485 e. The Morgan fingerprint density at radius 3 is 2.74 bits per heavy atom. The summed E-state index contributed by atoms with van der Waals surface area (Å²) in [6, 6.07) is 9.13. The van der Waals surface area contributed by atoms with Crippen molar-refractivity contribution in [1.29, 1.82) is 0 Å². The minimum absolute atomic E-state index is 0.0890. The van der Waals surface area contributed by atoms with E-state index in [0.717, 1.165) is 38.5 Å². The van der Waals surface area contributed by atoms with Crippen molar-refractivity contribution in [2.45, 2.75) is 37.3 Å². The smallest absolute Gasteiger partial charge is 0.125 e. The van der Waals surface area contributed by atoms with Crippen LogP contribution in [0.4, 0.5) is 0 Å². The molecule has 0 amide bonds. The molecule has 1 aromatic carbocycles. The van der Waals surface area contributed by atoms with Crippen LogP contribution in [-0.2, 0) is 11.2 Å². The molecule has 1 saturated heterocycles. The highest BCUT2D eigenvalue weighted by molar-refractivity contribution is 5.37. The molecule has 102 valence electrons. The first kappa shape index (κ1) is 11.7. The second kappa shape index (κ2) is 4.50. The van der Waals surface area contributed by atoms with E-state index in [1.165, 1.54) is 24.8 Å². The summed E-state index contributed by atoms with van der Waals surface area (Å²) >= 11 is 0. The lowest BCUT2D eigenvalue weighted by Gasteiger charge is -2.56. The Labute approximate surface area is 114 Å². The van der Waals surface area contributed by atoms with Crippen LogP contribution in [0, 0.1) is 0 Å². The number of hydrogen-bond acceptors (Lipinski definition) is 3. The van der Waals surface area contributed by atoms with Crippen LogP contribution in [0.25, 0.3) is 0 Å². The predicted molar refractivity (Wildman–Crippen MR) is 73.5 cm³/mol. The molecule has 0 bridgehead atoms. The van der Waals surface area contributed by atoms with E-state index in [2.05, 4.69) is 29.2 Å². The first-order valence-electron chi connectivity index (χ1n) is 7.46. The van der Waals surface area contributed by atoms with Gasteiger partial charge < -0.3 is 9.47 Å². The first-order valence-corrected chi connectivity index (χ1v) is 7.46. The Morgan fingerprint density at radius 2 is 1.95 bits per heavy atom. The maximum Gasteiger partial charge on any atom is 0.125 e. The highest BCUT2D eigenvalue weighted by Crippen LogP contribution is 2.47. The van der Waals surface area contributed by atoms with Gasteiger partial charge in [-0.15, -0.1) is 0 Å². The predicted octanol–water partition coefficient (Wildman–Crippen LogP) is 2.25. The Morgan fingerprint density at radius 1 is 1.11 bits per heavy atom. The summed E-state index contributed by atoms with van der Waals surface area (Å²) < 4.78 is 11.9. The Hall–Kier alpha value is -1.06. The molecule has 1 spiro atoms. The summed E-state index contributed by atoms with van der Waals surface area (Å²) in [5.74, 6) is 1.12. The van der Waals surface area contributed by atoms with Gasteiger partial charge in [0.2, 0.25) is 0 Å². The summed E-state index contributed by atoms with van der Waals surface area (Å²) in [7, 11) is 0. The number of rotatable bonds is 1. The molecule has 1 aromatic rings. The molecule has 4 rings (SSSR count). The molecule has 1 aliphatic carbocycles. The van der Waals surface area contributed by atoms with Crippen molar-refractivity contribution in [1.82, 2.24) is 4.90 Å². The third kappa shape index (κ3) is 1.87. The molecule has 2 unspecified atom stereocenters. The average Bonchev–Trinajstić information content (AvgIpc) is 2.47. The Balaban J connectivity index is 1.55. The number of hydrogen-bond donors (Lipinski definition) is 0. The number of ether oxygens (including phenoxy) is 2. The minimum atomic E-state index is 0.0890. The van der Waals surface area contributed by atoms with Crippen molar-refractivity contribution in [2.75, 3.05) is 26.3 Å². The number of nitrogens with zero attached hydrogens (tertiary/aromatic N) is 1. The first-order chi connectivity index (χ1) is 9.37. The van der Waals surface area contributed by atoms with Gasteiger partial charge in [0.15, 0.2) is 0 Å². The number of morpholine rings is 1. The molecular formula is C16H21NO2. The van der Waals surface area contributed by atoms with E-state index in [1.807, 2.05) is 0 Å². The lowest BCUT2D eigenvalue weighted by Crippen LogP contribution is -2.66. The van der Waals surface area contributed by atoms with Crippen LogP contribution in [0.1, 0.15) is 24.8 Å². The van der Waals surface area contributed by atoms with Gasteiger partial charge in [-0.3, -0.25) is 4.90 Å². The van der Waals surface area contributed by atoms with Crippen molar-refractivity contribution in [3.05, 3.63) is 29.8 Å². The van der Waals surface area contributed by atoms with Gasteiger partial charge in [0.1, 0.15) is 11.4 Å². The van der Waals surface area contributed by atoms with Gasteiger partial charge in [-0.1, -0.05) is 18.2 Å². The van der Waals surface area contributed by atoms with E-state index in [0.29, 0.717) is 6.04 Å². The quantitative estimate of drug-likeness (QED) is 0.772. The van der Waals surface area contributed by atoms with Crippen LogP contribution in [0.5, 0.6) is 5.75 Å². The maximum absolute atomic E-state index is 6.44. The average molecular weight is 259 g/mol. The summed E-state index contributed by atoms with van der Waals surface area (Å²) in [6.07, 6.45) is 4.83. The van der Waals surface area contributed by atoms with Crippen LogP contribution in [0.3, 0.4) is 0 Å². The summed E-state index contributed by atoms with van der Waals surface area (Å²) in [5, 5.41) is 0. The molecule has 3 nitrogen and oxygen atoms in total. The lowest BCUT2D eigenvalue weighted by molar-refractivity contribution is -0.127. The van der Waals surface area contributed by atoms with Gasteiger partial charge in [0, 0.05) is 19.1 Å². The highest BCUT2D eigenvalue weighted by Gasteiger charge is 2.53. The SMILES string of the molecule is c1ccc2c(c1)CCC1(CCC1N1CCOCC1)O2. The van der Waals surface area contributed by atoms with E-state index < -0.39 is 0 Å². The zero-order valence-corrected chi connectivity index (χ0v) is 11.3. The topological polar surface area (TPSA) is 21.7 Å². The van der Waals surface area contributed by atoms with E-state index in [1.54, 1.807) is 0 Å². The molecule has 2 aliphatic heterocycles. The molecular weight excluding hydrogens is 238 g/mol. The van der Waals surface area contributed by atoms with Gasteiger partial charge in [-0.05, 0) is 37.3 Å². The van der Waals surface area contributed by atoms with Crippen molar-refractivity contribution in [2.24, 2.45) is 0 Å². The fourth-order valence-corrected chi connectivity index (χ4v) is 3.84. The maximum atomic E-state index is 6.44. The van der Waals surface area contributed by atoms with Crippen LogP contribution >= 0.6 is 0 Å². The second-order valence-corrected chi connectivity index (χ2v) is 5.98. The van der Waals surface area contributed by atoms with Crippen molar-refractivity contribution in [3.8, 4) is 5.75 Å². The molecule has 0 radical (unpaired) electrons. The normalized spacial score (nSPS) is 34.4. The molecule has 3 heteroatoms. The van der Waals surface area contributed by atoms with Crippen LogP contribution < -0.4 is 4.74 Å². The summed E-state index contributed by atoms with van der Waals surface area (Å²) in [5.41, 5.74) is 1.46. The fourth-order valence-electron chi connectivity index (χ4n) is 3.84.